The first-order chi connectivity index (χ1) is 16.9. The topological polar surface area (TPSA) is 58.4 Å². The van der Waals surface area contributed by atoms with Crippen LogP contribution in [-0.2, 0) is 21.5 Å². The van der Waals surface area contributed by atoms with E-state index in [4.69, 9.17) is 16.6 Å². The highest BCUT2D eigenvalue weighted by molar-refractivity contribution is 6.31. The average Bonchev–Trinajstić information content (AvgIpc) is 3.54. The minimum atomic E-state index is -0.490. The summed E-state index contributed by atoms with van der Waals surface area (Å²) in [4.78, 5) is 33.7. The summed E-state index contributed by atoms with van der Waals surface area (Å²) in [5.41, 5.74) is 2.83. The highest BCUT2D eigenvalue weighted by atomic mass is 35.5. The molecule has 2 fully saturated rings. The lowest BCUT2D eigenvalue weighted by molar-refractivity contribution is -0.130. The molecule has 2 aliphatic heterocycles. The zero-order valence-corrected chi connectivity index (χ0v) is 21.1. The number of piperidine rings is 1. The number of amides is 2. The molecule has 1 aliphatic carbocycles. The van der Waals surface area contributed by atoms with Crippen molar-refractivity contribution >= 4 is 40.1 Å². The Morgan fingerprint density at radius 1 is 1.14 bits per heavy atom. The normalized spacial score (nSPS) is 18.6. The van der Waals surface area contributed by atoms with Crippen LogP contribution in [-0.4, -0.2) is 39.4 Å². The molecule has 3 heterocycles. The molecule has 0 radical (unpaired) electrons. The van der Waals surface area contributed by atoms with Crippen molar-refractivity contribution in [3.8, 4) is 0 Å². The number of aromatic nitrogens is 2. The molecule has 1 saturated carbocycles. The fourth-order valence-electron chi connectivity index (χ4n) is 5.60. The molecule has 3 aliphatic rings. The Morgan fingerprint density at radius 2 is 1.86 bits per heavy atom. The first kappa shape index (κ1) is 23.8. The van der Waals surface area contributed by atoms with Gasteiger partial charge in [-0.1, -0.05) is 31.5 Å². The minimum Gasteiger partial charge on any atom is -0.343 e. The van der Waals surface area contributed by atoms with Crippen molar-refractivity contribution in [3.63, 3.8) is 0 Å². The zero-order chi connectivity index (χ0) is 24.9. The second-order valence-electron chi connectivity index (χ2n) is 9.40. The van der Waals surface area contributed by atoms with Crippen LogP contribution in [0.2, 0.25) is 5.02 Å². The van der Waals surface area contributed by atoms with Gasteiger partial charge in [-0.2, -0.15) is 0 Å². The third-order valence-corrected chi connectivity index (χ3v) is 7.70. The minimum absolute atomic E-state index is 0.0335. The third-order valence-electron chi connectivity index (χ3n) is 7.47. The Hall–Kier alpha value is -2.93. The number of hydrogen-bond acceptors (Lipinski definition) is 3. The number of carbonyl (C=O) groups is 2. The molecular weight excluding hydrogens is 467 g/mol. The zero-order valence-electron chi connectivity index (χ0n) is 20.4. The molecule has 0 atom stereocenters. The van der Waals surface area contributed by atoms with E-state index in [0.29, 0.717) is 23.8 Å². The highest BCUT2D eigenvalue weighted by Gasteiger charge is 2.59. The van der Waals surface area contributed by atoms with Crippen molar-refractivity contribution in [2.24, 2.45) is 0 Å². The fraction of sp³-hybridized carbons (Fsp3) is 0.444. The van der Waals surface area contributed by atoms with Crippen LogP contribution in [0.15, 0.2) is 36.4 Å². The lowest BCUT2D eigenvalue weighted by Crippen LogP contribution is -2.38. The Morgan fingerprint density at radius 3 is 2.51 bits per heavy atom. The predicted molar refractivity (Wildman–Crippen MR) is 135 cm³/mol. The number of nitrogens with zero attached hydrogens (tertiary/aromatic N) is 4. The van der Waals surface area contributed by atoms with Gasteiger partial charge in [0.05, 0.1) is 28.7 Å². The number of benzene rings is 2. The lowest BCUT2D eigenvalue weighted by Gasteiger charge is -2.33. The maximum absolute atomic E-state index is 14.2. The van der Waals surface area contributed by atoms with E-state index < -0.39 is 5.41 Å². The van der Waals surface area contributed by atoms with E-state index in [2.05, 4.69) is 4.57 Å². The summed E-state index contributed by atoms with van der Waals surface area (Å²) in [5.74, 6) is 0.536. The van der Waals surface area contributed by atoms with Gasteiger partial charge in [0.1, 0.15) is 11.6 Å². The molecule has 0 N–H and O–H groups in total. The van der Waals surface area contributed by atoms with Gasteiger partial charge in [0, 0.05) is 31.1 Å². The van der Waals surface area contributed by atoms with Crippen LogP contribution in [0.3, 0.4) is 0 Å². The first-order valence-electron chi connectivity index (χ1n) is 12.4. The summed E-state index contributed by atoms with van der Waals surface area (Å²) in [7, 11) is 0. The van der Waals surface area contributed by atoms with Crippen LogP contribution in [0.5, 0.6) is 0 Å². The van der Waals surface area contributed by atoms with Crippen LogP contribution < -0.4 is 4.90 Å². The number of rotatable bonds is 3. The summed E-state index contributed by atoms with van der Waals surface area (Å²) in [6.07, 6.45) is 3.22. The molecule has 6 nitrogen and oxygen atoms in total. The Kier molecular flexibility index (Phi) is 6.08. The van der Waals surface area contributed by atoms with Gasteiger partial charge in [-0.25, -0.2) is 9.37 Å². The van der Waals surface area contributed by atoms with Crippen LogP contribution in [0.4, 0.5) is 10.1 Å². The van der Waals surface area contributed by atoms with Crippen LogP contribution in [0, 0.1) is 5.82 Å². The first-order valence-corrected chi connectivity index (χ1v) is 12.8. The summed E-state index contributed by atoms with van der Waals surface area (Å²) in [6, 6.07) is 10.5. The second-order valence-corrected chi connectivity index (χ2v) is 9.84. The van der Waals surface area contributed by atoms with Gasteiger partial charge in [0.15, 0.2) is 0 Å². The molecule has 1 saturated heterocycles. The number of carbonyl (C=O) groups excluding carboxylic acids is 2. The van der Waals surface area contributed by atoms with Gasteiger partial charge < -0.3 is 14.4 Å². The van der Waals surface area contributed by atoms with Crippen molar-refractivity contribution in [1.29, 1.82) is 0 Å². The molecule has 3 aromatic rings. The van der Waals surface area contributed by atoms with Gasteiger partial charge >= 0.3 is 0 Å². The number of imidazole rings is 1. The largest absolute Gasteiger partial charge is 0.343 e. The second kappa shape index (κ2) is 8.94. The maximum atomic E-state index is 14.2. The molecule has 35 heavy (non-hydrogen) atoms. The summed E-state index contributed by atoms with van der Waals surface area (Å²) in [6.45, 7) is 7.25. The van der Waals surface area contributed by atoms with Gasteiger partial charge in [-0.15, -0.1) is 0 Å². The van der Waals surface area contributed by atoms with Crippen LogP contribution >= 0.6 is 11.6 Å². The molecule has 184 valence electrons. The average molecular weight is 497 g/mol. The van der Waals surface area contributed by atoms with Crippen molar-refractivity contribution in [2.75, 3.05) is 18.0 Å². The quantitative estimate of drug-likeness (QED) is 0.473. The van der Waals surface area contributed by atoms with E-state index in [1.807, 2.05) is 36.9 Å². The van der Waals surface area contributed by atoms with Crippen molar-refractivity contribution in [2.45, 2.75) is 64.5 Å². The SMILES string of the molecule is CC.CC(=O)N1CCC(n2c(CN3C(=O)C4(CC4)c4ccc(F)cc43)nc3cc(Cl)ccc32)CC1. The summed E-state index contributed by atoms with van der Waals surface area (Å²) >= 11 is 6.24. The Bertz CT molecular complexity index is 1310. The van der Waals surface area contributed by atoms with Crippen molar-refractivity contribution < 1.29 is 14.0 Å². The molecular formula is C27H30ClFN4O2. The Balaban J connectivity index is 0.00000124. The standard InChI is InChI=1S/C25H24ClFN4O2.C2H6/c1-15(32)29-10-6-18(7-11-29)31-21-5-2-16(26)12-20(21)28-23(31)14-30-22-13-17(27)3-4-19(22)25(8-9-25)24(30)33;1-2/h2-5,12-13,18H,6-11,14H2,1H3;1-2H3. The lowest BCUT2D eigenvalue weighted by atomic mass is 9.98. The number of likely N-dealkylation sites (tertiary alicyclic amines) is 1. The van der Waals surface area contributed by atoms with Crippen LogP contribution in [0.25, 0.3) is 11.0 Å². The van der Waals surface area contributed by atoms with Gasteiger partial charge in [0.2, 0.25) is 11.8 Å². The third kappa shape index (κ3) is 3.90. The smallest absolute Gasteiger partial charge is 0.238 e. The number of halogens is 2. The van der Waals surface area contributed by atoms with E-state index >= 15 is 0 Å². The van der Waals surface area contributed by atoms with E-state index in [1.54, 1.807) is 17.9 Å². The van der Waals surface area contributed by atoms with Crippen molar-refractivity contribution in [1.82, 2.24) is 14.5 Å². The summed E-state index contributed by atoms with van der Waals surface area (Å²) < 4.78 is 16.4. The molecule has 0 unspecified atom stereocenters. The van der Waals surface area contributed by atoms with Crippen molar-refractivity contribution in [3.05, 3.63) is 58.6 Å². The molecule has 8 heteroatoms. The summed E-state index contributed by atoms with van der Waals surface area (Å²) in [5, 5.41) is 0.603. The monoisotopic (exact) mass is 496 g/mol. The van der Waals surface area contributed by atoms with Gasteiger partial charge in [0.25, 0.3) is 0 Å². The van der Waals surface area contributed by atoms with Crippen LogP contribution in [0.1, 0.15) is 63.9 Å². The van der Waals surface area contributed by atoms with Gasteiger partial charge in [-0.3, -0.25) is 9.59 Å². The number of anilines is 1. The maximum Gasteiger partial charge on any atom is 0.238 e. The molecule has 2 amide bonds. The highest BCUT2D eigenvalue weighted by Crippen LogP contribution is 2.57. The number of fused-ring (bicyclic) bond motifs is 3. The van der Waals surface area contributed by atoms with E-state index in [1.165, 1.54) is 12.1 Å². The molecule has 2 aromatic carbocycles. The molecule has 0 bridgehead atoms. The molecule has 6 rings (SSSR count). The van der Waals surface area contributed by atoms with E-state index in [-0.39, 0.29) is 30.2 Å². The fourth-order valence-corrected chi connectivity index (χ4v) is 5.77. The molecule has 1 spiro atoms. The van der Waals surface area contributed by atoms with Gasteiger partial charge in [-0.05, 0) is 61.6 Å². The van der Waals surface area contributed by atoms with E-state index in [9.17, 15) is 14.0 Å². The van der Waals surface area contributed by atoms with E-state index in [0.717, 1.165) is 48.1 Å². The number of hydrogen-bond donors (Lipinski definition) is 0. The molecule has 1 aromatic heterocycles. The predicted octanol–water partition coefficient (Wildman–Crippen LogP) is 5.62. The Labute approximate surface area is 209 Å².